The fourth-order valence-corrected chi connectivity index (χ4v) is 4.42. The van der Waals surface area contributed by atoms with Crippen molar-refractivity contribution in [3.05, 3.63) is 46.6 Å². The number of carbonyl (C=O) groups is 1. The lowest BCUT2D eigenvalue weighted by Crippen LogP contribution is -2.46. The predicted octanol–water partition coefficient (Wildman–Crippen LogP) is 4.34. The Balaban J connectivity index is 1.55. The third-order valence-electron chi connectivity index (χ3n) is 5.40. The summed E-state index contributed by atoms with van der Waals surface area (Å²) in [6, 6.07) is 9.57. The average molecular weight is 462 g/mol. The van der Waals surface area contributed by atoms with Crippen LogP contribution in [0.25, 0.3) is 0 Å². The van der Waals surface area contributed by atoms with Gasteiger partial charge in [0.05, 0.1) is 0 Å². The van der Waals surface area contributed by atoms with Gasteiger partial charge in [-0.25, -0.2) is 9.97 Å². The summed E-state index contributed by atoms with van der Waals surface area (Å²) in [4.78, 5) is 26.0. The van der Waals surface area contributed by atoms with Gasteiger partial charge in [0.1, 0.15) is 11.0 Å². The fourth-order valence-electron chi connectivity index (χ4n) is 3.38. The van der Waals surface area contributed by atoms with Crippen LogP contribution in [0.2, 0.25) is 5.15 Å². The number of hydrogen-bond donors (Lipinski definition) is 1. The maximum Gasteiger partial charge on any atom is 0.251 e. The smallest absolute Gasteiger partial charge is 0.251 e. The third-order valence-corrected chi connectivity index (χ3v) is 6.51. The van der Waals surface area contributed by atoms with E-state index >= 15 is 0 Å². The highest BCUT2D eigenvalue weighted by molar-refractivity contribution is 7.98. The first-order chi connectivity index (χ1) is 14.9. The lowest BCUT2D eigenvalue weighted by Gasteiger charge is -2.34. The van der Waals surface area contributed by atoms with Crippen LogP contribution in [0.4, 0.5) is 5.82 Å². The Bertz CT molecular complexity index is 854. The fraction of sp³-hybridized carbons (Fsp3) is 0.522. The number of carbonyl (C=O) groups excluding carboxylic acids is 1. The van der Waals surface area contributed by atoms with Gasteiger partial charge in [-0.05, 0) is 36.6 Å². The van der Waals surface area contributed by atoms with Gasteiger partial charge in [0, 0.05) is 50.1 Å². The number of nitrogens with one attached hydrogen (secondary N) is 1. The Morgan fingerprint density at radius 3 is 2.52 bits per heavy atom. The molecule has 1 amide bonds. The van der Waals surface area contributed by atoms with E-state index in [-0.39, 0.29) is 5.91 Å². The molecular weight excluding hydrogens is 430 g/mol. The molecule has 0 saturated carbocycles. The quantitative estimate of drug-likeness (QED) is 0.340. The van der Waals surface area contributed by atoms with Gasteiger partial charge in [0.2, 0.25) is 0 Å². The van der Waals surface area contributed by atoms with E-state index in [0.717, 1.165) is 56.3 Å². The molecule has 1 N–H and O–H groups in total. The Hall–Kier alpha value is -1.83. The summed E-state index contributed by atoms with van der Waals surface area (Å²) >= 11 is 7.84. The Kier molecular flexibility index (Phi) is 8.99. The molecule has 6 nitrogen and oxygen atoms in total. The van der Waals surface area contributed by atoms with Crippen molar-refractivity contribution < 1.29 is 4.79 Å². The number of thioether (sulfide) groups is 1. The number of likely N-dealkylation sites (N-methyl/N-ethyl adjacent to an activating group) is 1. The number of anilines is 1. The summed E-state index contributed by atoms with van der Waals surface area (Å²) in [7, 11) is 0. The molecule has 1 aromatic heterocycles. The largest absolute Gasteiger partial charge is 0.354 e. The van der Waals surface area contributed by atoms with Gasteiger partial charge in [-0.1, -0.05) is 56.3 Å². The zero-order chi connectivity index (χ0) is 22.2. The minimum Gasteiger partial charge on any atom is -0.354 e. The van der Waals surface area contributed by atoms with Crippen LogP contribution in [-0.2, 0) is 5.75 Å². The van der Waals surface area contributed by atoms with E-state index in [1.807, 2.05) is 30.3 Å². The van der Waals surface area contributed by atoms with Gasteiger partial charge in [-0.2, -0.15) is 0 Å². The van der Waals surface area contributed by atoms with Gasteiger partial charge >= 0.3 is 0 Å². The first-order valence-electron chi connectivity index (χ1n) is 11.0. The maximum atomic E-state index is 12.2. The molecule has 0 atom stereocenters. The standard InChI is InChI=1S/C23H32ClN5OS/c1-4-28-11-13-29(14-12-28)21-15-20(24)26-23(27-21)31-16-18-5-7-19(8-6-18)22(30)25-10-9-17(2)3/h5-8,15,17H,4,9-14,16H2,1-3H3,(H,25,30). The summed E-state index contributed by atoms with van der Waals surface area (Å²) in [6.07, 6.45) is 0.983. The van der Waals surface area contributed by atoms with Crippen molar-refractivity contribution in [1.29, 1.82) is 0 Å². The Labute approximate surface area is 194 Å². The van der Waals surface area contributed by atoms with E-state index in [0.29, 0.717) is 28.3 Å². The van der Waals surface area contributed by atoms with E-state index in [2.05, 4.69) is 40.9 Å². The molecule has 168 valence electrons. The zero-order valence-electron chi connectivity index (χ0n) is 18.6. The molecular formula is C23H32ClN5OS. The molecule has 1 aromatic carbocycles. The summed E-state index contributed by atoms with van der Waals surface area (Å²) in [6.45, 7) is 12.3. The monoisotopic (exact) mass is 461 g/mol. The molecule has 31 heavy (non-hydrogen) atoms. The van der Waals surface area contributed by atoms with Gasteiger partial charge in [-0.3, -0.25) is 4.79 Å². The Morgan fingerprint density at radius 1 is 1.16 bits per heavy atom. The van der Waals surface area contributed by atoms with Crippen molar-refractivity contribution in [3.63, 3.8) is 0 Å². The molecule has 0 aliphatic carbocycles. The van der Waals surface area contributed by atoms with Gasteiger partial charge in [0.15, 0.2) is 5.16 Å². The maximum absolute atomic E-state index is 12.2. The number of rotatable bonds is 9. The number of halogens is 1. The van der Waals surface area contributed by atoms with Crippen molar-refractivity contribution in [3.8, 4) is 0 Å². The summed E-state index contributed by atoms with van der Waals surface area (Å²) in [5.74, 6) is 2.17. The van der Waals surface area contributed by atoms with Crippen LogP contribution < -0.4 is 10.2 Å². The van der Waals surface area contributed by atoms with Crippen LogP contribution >= 0.6 is 23.4 Å². The van der Waals surface area contributed by atoms with Crippen LogP contribution in [0.1, 0.15) is 43.1 Å². The number of aromatic nitrogens is 2. The van der Waals surface area contributed by atoms with E-state index in [4.69, 9.17) is 16.6 Å². The molecule has 1 aliphatic heterocycles. The second kappa shape index (κ2) is 11.7. The molecule has 0 unspecified atom stereocenters. The van der Waals surface area contributed by atoms with Gasteiger partial charge in [0.25, 0.3) is 5.91 Å². The molecule has 2 heterocycles. The van der Waals surface area contributed by atoms with Crippen molar-refractivity contribution in [2.75, 3.05) is 44.2 Å². The molecule has 0 spiro atoms. The second-order valence-corrected chi connectivity index (χ2v) is 9.51. The number of amides is 1. The highest BCUT2D eigenvalue weighted by Gasteiger charge is 2.18. The number of nitrogens with zero attached hydrogens (tertiary/aromatic N) is 4. The van der Waals surface area contributed by atoms with Gasteiger partial charge in [-0.15, -0.1) is 0 Å². The first-order valence-corrected chi connectivity index (χ1v) is 12.3. The minimum atomic E-state index is -0.0224. The number of hydrogen-bond acceptors (Lipinski definition) is 6. The topological polar surface area (TPSA) is 61.4 Å². The Morgan fingerprint density at radius 2 is 1.87 bits per heavy atom. The lowest BCUT2D eigenvalue weighted by molar-refractivity contribution is 0.0952. The third kappa shape index (κ3) is 7.37. The van der Waals surface area contributed by atoms with Crippen molar-refractivity contribution in [1.82, 2.24) is 20.2 Å². The highest BCUT2D eigenvalue weighted by atomic mass is 35.5. The molecule has 1 fully saturated rings. The molecule has 0 radical (unpaired) electrons. The number of benzene rings is 1. The molecule has 3 rings (SSSR count). The van der Waals surface area contributed by atoms with E-state index < -0.39 is 0 Å². The molecule has 2 aromatic rings. The summed E-state index contributed by atoms with van der Waals surface area (Å²) < 4.78 is 0. The summed E-state index contributed by atoms with van der Waals surface area (Å²) in [5.41, 5.74) is 1.80. The van der Waals surface area contributed by atoms with Crippen LogP contribution in [-0.4, -0.2) is 60.0 Å². The molecule has 1 aliphatic rings. The molecule has 0 bridgehead atoms. The normalized spacial score (nSPS) is 14.8. The van der Waals surface area contributed by atoms with Crippen LogP contribution in [0, 0.1) is 5.92 Å². The van der Waals surface area contributed by atoms with Crippen LogP contribution in [0.15, 0.2) is 35.5 Å². The van der Waals surface area contributed by atoms with Crippen LogP contribution in [0.3, 0.4) is 0 Å². The predicted molar refractivity (Wildman–Crippen MR) is 129 cm³/mol. The molecule has 8 heteroatoms. The number of piperazine rings is 1. The molecule has 1 saturated heterocycles. The van der Waals surface area contributed by atoms with Gasteiger partial charge < -0.3 is 15.1 Å². The van der Waals surface area contributed by atoms with Crippen molar-refractivity contribution >= 4 is 35.1 Å². The van der Waals surface area contributed by atoms with Crippen molar-refractivity contribution in [2.24, 2.45) is 5.92 Å². The van der Waals surface area contributed by atoms with E-state index in [1.165, 1.54) is 0 Å². The minimum absolute atomic E-state index is 0.0224. The SMILES string of the molecule is CCN1CCN(c2cc(Cl)nc(SCc3ccc(C(=O)NCCC(C)C)cc3)n2)CC1. The zero-order valence-corrected chi connectivity index (χ0v) is 20.2. The summed E-state index contributed by atoms with van der Waals surface area (Å²) in [5, 5.41) is 4.12. The van der Waals surface area contributed by atoms with Crippen LogP contribution in [0.5, 0.6) is 0 Å². The van der Waals surface area contributed by atoms with E-state index in [9.17, 15) is 4.79 Å². The highest BCUT2D eigenvalue weighted by Crippen LogP contribution is 2.25. The first kappa shape index (κ1) is 23.8. The van der Waals surface area contributed by atoms with E-state index in [1.54, 1.807) is 11.8 Å². The lowest BCUT2D eigenvalue weighted by atomic mass is 10.1. The second-order valence-electron chi connectivity index (χ2n) is 8.18. The van der Waals surface area contributed by atoms with Crippen molar-refractivity contribution in [2.45, 2.75) is 38.1 Å². The average Bonchev–Trinajstić information content (AvgIpc) is 2.77.